The maximum absolute atomic E-state index is 15.1. The van der Waals surface area contributed by atoms with E-state index in [-0.39, 0.29) is 0 Å². The molecule has 0 atom stereocenters. The van der Waals surface area contributed by atoms with Crippen molar-refractivity contribution in [3.8, 4) is 6.07 Å². The summed E-state index contributed by atoms with van der Waals surface area (Å²) in [4.78, 5) is 2.05. The van der Waals surface area contributed by atoms with E-state index in [1.54, 1.807) is 17.7 Å². The van der Waals surface area contributed by atoms with Gasteiger partial charge in [0.2, 0.25) is 0 Å². The van der Waals surface area contributed by atoms with Crippen molar-refractivity contribution >= 4 is 21.6 Å². The number of halogens is 2. The van der Waals surface area contributed by atoms with Gasteiger partial charge in [-0.05, 0) is 28.1 Å². The first kappa shape index (κ1) is 15.0. The molecule has 5 nitrogen and oxygen atoms in total. The molecule has 1 aliphatic heterocycles. The number of piperidine rings is 1. The number of aryl methyl sites for hydroxylation is 1. The summed E-state index contributed by atoms with van der Waals surface area (Å²) in [6.45, 7) is 1.06. The molecule has 3 rings (SSSR count). The summed E-state index contributed by atoms with van der Waals surface area (Å²) in [6.07, 6.45) is 2.17. The van der Waals surface area contributed by atoms with Crippen LogP contribution in [-0.2, 0) is 12.7 Å². The normalized spacial score (nSPS) is 17.3. The number of aromatic nitrogens is 3. The van der Waals surface area contributed by atoms with Crippen LogP contribution < -0.4 is 4.90 Å². The minimum absolute atomic E-state index is 0.325. The number of nitrogens with zero attached hydrogens (tertiary/aromatic N) is 5. The van der Waals surface area contributed by atoms with E-state index in [1.165, 1.54) is 6.33 Å². The molecular formula is C15H15BrFN5. The predicted octanol–water partition coefficient (Wildman–Crippen LogP) is 2.91. The standard InChI is InChI=1S/C15H15BrFN5/c1-21-10-19-20-14(21)15(17)5-7-22(8-6-15)13-11(9-18)3-2-4-12(13)16/h2-4,10H,5-8H2,1H3. The van der Waals surface area contributed by atoms with Crippen LogP contribution in [0.5, 0.6) is 0 Å². The monoisotopic (exact) mass is 363 g/mol. The van der Waals surface area contributed by atoms with Gasteiger partial charge in [-0.3, -0.25) is 0 Å². The van der Waals surface area contributed by atoms with Gasteiger partial charge in [0.15, 0.2) is 11.5 Å². The molecule has 0 spiro atoms. The number of hydrogen-bond donors (Lipinski definition) is 0. The van der Waals surface area contributed by atoms with Crippen molar-refractivity contribution in [2.45, 2.75) is 18.5 Å². The molecule has 1 aliphatic rings. The van der Waals surface area contributed by atoms with Gasteiger partial charge in [-0.25, -0.2) is 4.39 Å². The third-order valence-corrected chi connectivity index (χ3v) is 4.73. The Kier molecular flexibility index (Phi) is 3.87. The van der Waals surface area contributed by atoms with Crippen LogP contribution in [0.1, 0.15) is 24.2 Å². The fourth-order valence-corrected chi connectivity index (χ4v) is 3.54. The summed E-state index contributed by atoms with van der Waals surface area (Å²) in [5.41, 5.74) is -0.0279. The van der Waals surface area contributed by atoms with E-state index in [0.717, 1.165) is 10.2 Å². The van der Waals surface area contributed by atoms with Crippen molar-refractivity contribution in [1.82, 2.24) is 14.8 Å². The molecule has 7 heteroatoms. The average Bonchev–Trinajstić information content (AvgIpc) is 2.95. The second-order valence-electron chi connectivity index (χ2n) is 5.47. The Bertz CT molecular complexity index is 728. The highest BCUT2D eigenvalue weighted by molar-refractivity contribution is 9.10. The summed E-state index contributed by atoms with van der Waals surface area (Å²) in [5.74, 6) is 0.375. The molecule has 0 amide bonds. The molecule has 1 saturated heterocycles. The maximum atomic E-state index is 15.1. The minimum Gasteiger partial charge on any atom is -0.369 e. The Morgan fingerprint density at radius 2 is 2.09 bits per heavy atom. The smallest absolute Gasteiger partial charge is 0.173 e. The molecule has 0 aliphatic carbocycles. The highest BCUT2D eigenvalue weighted by Crippen LogP contribution is 2.39. The van der Waals surface area contributed by atoms with Gasteiger partial charge in [0.1, 0.15) is 12.4 Å². The highest BCUT2D eigenvalue weighted by atomic mass is 79.9. The lowest BCUT2D eigenvalue weighted by Crippen LogP contribution is -2.42. The van der Waals surface area contributed by atoms with E-state index < -0.39 is 5.67 Å². The molecule has 0 saturated carbocycles. The fraction of sp³-hybridized carbons (Fsp3) is 0.400. The molecular weight excluding hydrogens is 349 g/mol. The Hall–Kier alpha value is -1.94. The van der Waals surface area contributed by atoms with Gasteiger partial charge < -0.3 is 9.47 Å². The summed E-state index contributed by atoms with van der Waals surface area (Å²) < 4.78 is 17.6. The molecule has 2 heterocycles. The third kappa shape index (κ3) is 2.48. The largest absolute Gasteiger partial charge is 0.369 e. The van der Waals surface area contributed by atoms with Crippen LogP contribution >= 0.6 is 15.9 Å². The van der Waals surface area contributed by atoms with Gasteiger partial charge >= 0.3 is 0 Å². The van der Waals surface area contributed by atoms with Crippen LogP contribution in [0.25, 0.3) is 0 Å². The maximum Gasteiger partial charge on any atom is 0.173 e. The lowest BCUT2D eigenvalue weighted by molar-refractivity contribution is 0.109. The number of anilines is 1. The topological polar surface area (TPSA) is 57.7 Å². The fourth-order valence-electron chi connectivity index (χ4n) is 2.92. The first-order valence-electron chi connectivity index (χ1n) is 7.02. The molecule has 22 heavy (non-hydrogen) atoms. The van der Waals surface area contributed by atoms with Crippen molar-refractivity contribution in [1.29, 1.82) is 5.26 Å². The van der Waals surface area contributed by atoms with Gasteiger partial charge in [0.25, 0.3) is 0 Å². The molecule has 0 N–H and O–H groups in total. The van der Waals surface area contributed by atoms with E-state index in [0.29, 0.717) is 37.3 Å². The number of para-hydroxylation sites is 1. The quantitative estimate of drug-likeness (QED) is 0.822. The van der Waals surface area contributed by atoms with Crippen LogP contribution in [0, 0.1) is 11.3 Å². The van der Waals surface area contributed by atoms with E-state index >= 15 is 4.39 Å². The molecule has 1 aromatic carbocycles. The molecule has 0 unspecified atom stereocenters. The zero-order valence-corrected chi connectivity index (χ0v) is 13.7. The van der Waals surface area contributed by atoms with Crippen LogP contribution in [-0.4, -0.2) is 27.9 Å². The second kappa shape index (κ2) is 5.69. The average molecular weight is 364 g/mol. The summed E-state index contributed by atoms with van der Waals surface area (Å²) in [7, 11) is 1.75. The van der Waals surface area contributed by atoms with E-state index in [2.05, 4.69) is 37.1 Å². The number of nitriles is 1. The first-order valence-corrected chi connectivity index (χ1v) is 7.81. The molecule has 0 radical (unpaired) electrons. The van der Waals surface area contributed by atoms with Gasteiger partial charge in [0.05, 0.1) is 11.3 Å². The Labute approximate surface area is 136 Å². The van der Waals surface area contributed by atoms with E-state index in [4.69, 9.17) is 0 Å². The van der Waals surface area contributed by atoms with Gasteiger partial charge in [-0.2, -0.15) is 5.26 Å². The molecule has 2 aromatic rings. The molecule has 0 bridgehead atoms. The van der Waals surface area contributed by atoms with Crippen molar-refractivity contribution < 1.29 is 4.39 Å². The number of alkyl halides is 1. The molecule has 114 valence electrons. The summed E-state index contributed by atoms with van der Waals surface area (Å²) >= 11 is 3.49. The molecule has 1 fully saturated rings. The second-order valence-corrected chi connectivity index (χ2v) is 6.32. The third-order valence-electron chi connectivity index (χ3n) is 4.09. The van der Waals surface area contributed by atoms with Crippen molar-refractivity contribution in [3.63, 3.8) is 0 Å². The first-order chi connectivity index (χ1) is 10.5. The minimum atomic E-state index is -1.46. The number of hydrogen-bond acceptors (Lipinski definition) is 4. The van der Waals surface area contributed by atoms with Crippen molar-refractivity contribution in [3.05, 3.63) is 40.4 Å². The number of rotatable bonds is 2. The van der Waals surface area contributed by atoms with E-state index in [9.17, 15) is 5.26 Å². The predicted molar refractivity (Wildman–Crippen MR) is 84.1 cm³/mol. The number of benzene rings is 1. The lowest BCUT2D eigenvalue weighted by atomic mass is 9.91. The van der Waals surface area contributed by atoms with Gasteiger partial charge in [0, 0.05) is 37.5 Å². The van der Waals surface area contributed by atoms with Crippen LogP contribution in [0.3, 0.4) is 0 Å². The SMILES string of the molecule is Cn1cnnc1C1(F)CCN(c2c(Br)cccc2C#N)CC1. The Balaban J connectivity index is 1.84. The highest BCUT2D eigenvalue weighted by Gasteiger charge is 2.40. The van der Waals surface area contributed by atoms with Crippen molar-refractivity contribution in [2.75, 3.05) is 18.0 Å². The zero-order chi connectivity index (χ0) is 15.7. The van der Waals surface area contributed by atoms with Crippen LogP contribution in [0.2, 0.25) is 0 Å². The van der Waals surface area contributed by atoms with E-state index in [1.807, 2.05) is 12.1 Å². The Morgan fingerprint density at radius 3 is 2.68 bits per heavy atom. The van der Waals surface area contributed by atoms with Crippen molar-refractivity contribution in [2.24, 2.45) is 7.05 Å². The molecule has 1 aromatic heterocycles. The summed E-state index contributed by atoms with van der Waals surface area (Å²) in [6, 6.07) is 7.70. The van der Waals surface area contributed by atoms with Gasteiger partial charge in [-0.15, -0.1) is 10.2 Å². The van der Waals surface area contributed by atoms with Crippen LogP contribution in [0.15, 0.2) is 29.0 Å². The Morgan fingerprint density at radius 1 is 1.36 bits per heavy atom. The van der Waals surface area contributed by atoms with Gasteiger partial charge in [-0.1, -0.05) is 6.07 Å². The summed E-state index contributed by atoms with van der Waals surface area (Å²) in [5, 5.41) is 17.0. The van der Waals surface area contributed by atoms with Crippen LogP contribution in [0.4, 0.5) is 10.1 Å². The zero-order valence-electron chi connectivity index (χ0n) is 12.1. The lowest BCUT2D eigenvalue weighted by Gasteiger charge is -2.37.